The van der Waals surface area contributed by atoms with Crippen molar-refractivity contribution in [2.24, 2.45) is 0 Å². The molecular formula is C19H24N2O3S. The van der Waals surface area contributed by atoms with E-state index in [9.17, 15) is 4.79 Å². The van der Waals surface area contributed by atoms with Crippen LogP contribution in [0.4, 0.5) is 0 Å². The van der Waals surface area contributed by atoms with Crippen molar-refractivity contribution in [2.45, 2.75) is 38.1 Å². The Morgan fingerprint density at radius 2 is 1.88 bits per heavy atom. The molecule has 0 unspecified atom stereocenters. The minimum atomic E-state index is -0.0238. The van der Waals surface area contributed by atoms with Gasteiger partial charge in [0.15, 0.2) is 5.11 Å². The summed E-state index contributed by atoms with van der Waals surface area (Å²) in [6.45, 7) is 0. The van der Waals surface area contributed by atoms with Gasteiger partial charge >= 0.3 is 0 Å². The summed E-state index contributed by atoms with van der Waals surface area (Å²) in [6, 6.07) is 5.75. The quantitative estimate of drug-likeness (QED) is 0.608. The van der Waals surface area contributed by atoms with E-state index in [1.165, 1.54) is 6.42 Å². The Bertz CT molecular complexity index is 711. The van der Waals surface area contributed by atoms with Crippen molar-refractivity contribution >= 4 is 29.3 Å². The van der Waals surface area contributed by atoms with Crippen molar-refractivity contribution < 1.29 is 14.3 Å². The molecule has 1 heterocycles. The average Bonchev–Trinajstić information content (AvgIpc) is 2.85. The summed E-state index contributed by atoms with van der Waals surface area (Å²) in [7, 11) is 5.08. The van der Waals surface area contributed by atoms with Crippen LogP contribution in [0.3, 0.4) is 0 Å². The standard InChI is InChI=1S/C19H24N2O3S/c1-20-16(12-13-11-15(23-2)9-10-17(13)24-3)18(22)21(19(20)25)14-7-5-4-6-8-14/h9-12,14H,4-8H2,1-3H3/b16-12-. The lowest BCUT2D eigenvalue weighted by atomic mass is 9.94. The predicted molar refractivity (Wildman–Crippen MR) is 102 cm³/mol. The Hall–Kier alpha value is -2.08. The first kappa shape index (κ1) is 17.7. The van der Waals surface area contributed by atoms with E-state index in [2.05, 4.69) is 0 Å². The molecule has 0 aromatic heterocycles. The lowest BCUT2D eigenvalue weighted by Gasteiger charge is -2.30. The van der Waals surface area contributed by atoms with Gasteiger partial charge in [-0.15, -0.1) is 0 Å². The van der Waals surface area contributed by atoms with Crippen LogP contribution in [-0.2, 0) is 4.79 Å². The lowest BCUT2D eigenvalue weighted by molar-refractivity contribution is -0.124. The molecule has 2 aliphatic rings. The van der Waals surface area contributed by atoms with Gasteiger partial charge in [0.1, 0.15) is 17.2 Å². The number of amides is 1. The molecule has 0 spiro atoms. The number of benzene rings is 1. The summed E-state index contributed by atoms with van der Waals surface area (Å²) in [5, 5.41) is 0.588. The van der Waals surface area contributed by atoms with E-state index in [4.69, 9.17) is 21.7 Å². The number of thiocarbonyl (C=S) groups is 1. The zero-order valence-electron chi connectivity index (χ0n) is 14.9. The van der Waals surface area contributed by atoms with E-state index in [1.807, 2.05) is 31.3 Å². The molecule has 0 atom stereocenters. The van der Waals surface area contributed by atoms with E-state index in [-0.39, 0.29) is 11.9 Å². The maximum absolute atomic E-state index is 13.0. The number of hydrogen-bond donors (Lipinski definition) is 0. The highest BCUT2D eigenvalue weighted by Crippen LogP contribution is 2.32. The van der Waals surface area contributed by atoms with Crippen molar-refractivity contribution in [3.63, 3.8) is 0 Å². The monoisotopic (exact) mass is 360 g/mol. The summed E-state index contributed by atoms with van der Waals surface area (Å²) >= 11 is 5.56. The second-order valence-corrected chi connectivity index (χ2v) is 6.81. The fraction of sp³-hybridized carbons (Fsp3) is 0.474. The number of rotatable bonds is 4. The first-order valence-electron chi connectivity index (χ1n) is 8.61. The third-order valence-corrected chi connectivity index (χ3v) is 5.43. The SMILES string of the molecule is COc1ccc(OC)c(/C=C2/C(=O)N(C3CCCCC3)C(=S)N2C)c1. The Morgan fingerprint density at radius 3 is 2.52 bits per heavy atom. The molecule has 3 rings (SSSR count). The molecule has 2 fully saturated rings. The third kappa shape index (κ3) is 3.35. The Kier molecular flexibility index (Phi) is 5.27. The van der Waals surface area contributed by atoms with Crippen molar-refractivity contribution in [2.75, 3.05) is 21.3 Å². The van der Waals surface area contributed by atoms with Crippen molar-refractivity contribution in [3.05, 3.63) is 29.5 Å². The Labute approximate surface area is 154 Å². The molecule has 6 heteroatoms. The topological polar surface area (TPSA) is 42.0 Å². The molecule has 1 saturated heterocycles. The Balaban J connectivity index is 1.95. The van der Waals surface area contributed by atoms with Crippen LogP contribution in [0.2, 0.25) is 0 Å². The molecule has 1 saturated carbocycles. The fourth-order valence-electron chi connectivity index (χ4n) is 3.54. The normalized spacial score (nSPS) is 20.5. The third-order valence-electron chi connectivity index (χ3n) is 4.96. The van der Waals surface area contributed by atoms with E-state index in [0.29, 0.717) is 22.3 Å². The minimum absolute atomic E-state index is 0.0238. The first-order chi connectivity index (χ1) is 12.1. The van der Waals surface area contributed by atoms with Gasteiger partial charge in [-0.3, -0.25) is 9.69 Å². The van der Waals surface area contributed by atoms with E-state index in [0.717, 1.165) is 31.2 Å². The van der Waals surface area contributed by atoms with Gasteiger partial charge in [-0.25, -0.2) is 0 Å². The van der Waals surface area contributed by atoms with E-state index in [1.54, 1.807) is 24.0 Å². The molecule has 0 N–H and O–H groups in total. The van der Waals surface area contributed by atoms with Gasteiger partial charge in [-0.05, 0) is 49.3 Å². The van der Waals surface area contributed by atoms with Gasteiger partial charge in [0, 0.05) is 18.7 Å². The van der Waals surface area contributed by atoms with Gasteiger partial charge in [0.25, 0.3) is 5.91 Å². The largest absolute Gasteiger partial charge is 0.497 e. The molecular weight excluding hydrogens is 336 g/mol. The molecule has 25 heavy (non-hydrogen) atoms. The van der Waals surface area contributed by atoms with Crippen LogP contribution in [0.15, 0.2) is 23.9 Å². The molecule has 1 aliphatic carbocycles. The van der Waals surface area contributed by atoms with Crippen LogP contribution in [0.5, 0.6) is 11.5 Å². The van der Waals surface area contributed by atoms with Crippen LogP contribution < -0.4 is 9.47 Å². The smallest absolute Gasteiger partial charge is 0.277 e. The zero-order chi connectivity index (χ0) is 18.0. The molecule has 1 amide bonds. The Morgan fingerprint density at radius 1 is 1.16 bits per heavy atom. The molecule has 0 bridgehead atoms. The average molecular weight is 360 g/mol. The number of carbonyl (C=O) groups is 1. The fourth-order valence-corrected chi connectivity index (χ4v) is 3.87. The van der Waals surface area contributed by atoms with Crippen LogP contribution >= 0.6 is 12.2 Å². The minimum Gasteiger partial charge on any atom is -0.497 e. The van der Waals surface area contributed by atoms with Gasteiger partial charge in [0.05, 0.1) is 14.2 Å². The number of methoxy groups -OCH3 is 2. The van der Waals surface area contributed by atoms with Crippen LogP contribution in [0.1, 0.15) is 37.7 Å². The highest BCUT2D eigenvalue weighted by Gasteiger charge is 2.40. The molecule has 1 aromatic carbocycles. The van der Waals surface area contributed by atoms with Gasteiger partial charge in [0.2, 0.25) is 0 Å². The predicted octanol–water partition coefficient (Wildman–Crippen LogP) is 3.44. The maximum Gasteiger partial charge on any atom is 0.277 e. The molecule has 1 aromatic rings. The highest BCUT2D eigenvalue weighted by atomic mass is 32.1. The van der Waals surface area contributed by atoms with E-state index < -0.39 is 0 Å². The number of hydrogen-bond acceptors (Lipinski definition) is 4. The maximum atomic E-state index is 13.0. The molecule has 134 valence electrons. The summed E-state index contributed by atoms with van der Waals surface area (Å²) < 4.78 is 10.7. The van der Waals surface area contributed by atoms with Gasteiger partial charge < -0.3 is 14.4 Å². The highest BCUT2D eigenvalue weighted by molar-refractivity contribution is 7.80. The lowest BCUT2D eigenvalue weighted by Crippen LogP contribution is -2.41. The number of likely N-dealkylation sites (N-methyl/N-ethyl adjacent to an activating group) is 1. The summed E-state index contributed by atoms with van der Waals surface area (Å²) in [5.74, 6) is 1.38. The summed E-state index contributed by atoms with van der Waals surface area (Å²) in [5.41, 5.74) is 1.37. The second kappa shape index (κ2) is 7.44. The van der Waals surface area contributed by atoms with Crippen LogP contribution in [0, 0.1) is 0 Å². The zero-order valence-corrected chi connectivity index (χ0v) is 15.8. The molecule has 1 aliphatic heterocycles. The summed E-state index contributed by atoms with van der Waals surface area (Å²) in [4.78, 5) is 16.6. The number of carbonyl (C=O) groups excluding carboxylic acids is 1. The molecule has 5 nitrogen and oxygen atoms in total. The van der Waals surface area contributed by atoms with Crippen LogP contribution in [-0.4, -0.2) is 48.1 Å². The second-order valence-electron chi connectivity index (χ2n) is 6.45. The van der Waals surface area contributed by atoms with Crippen molar-refractivity contribution in [3.8, 4) is 11.5 Å². The van der Waals surface area contributed by atoms with Crippen LogP contribution in [0.25, 0.3) is 6.08 Å². The number of ether oxygens (including phenoxy) is 2. The molecule has 0 radical (unpaired) electrons. The van der Waals surface area contributed by atoms with Gasteiger partial charge in [-0.1, -0.05) is 19.3 Å². The first-order valence-corrected chi connectivity index (χ1v) is 9.02. The number of nitrogens with zero attached hydrogens (tertiary/aromatic N) is 2. The van der Waals surface area contributed by atoms with Crippen molar-refractivity contribution in [1.29, 1.82) is 0 Å². The summed E-state index contributed by atoms with van der Waals surface area (Å²) in [6.07, 6.45) is 7.43. The van der Waals surface area contributed by atoms with Crippen molar-refractivity contribution in [1.82, 2.24) is 9.80 Å². The van der Waals surface area contributed by atoms with E-state index >= 15 is 0 Å². The van der Waals surface area contributed by atoms with Gasteiger partial charge in [-0.2, -0.15) is 0 Å².